The molecule has 82 valence electrons. The molecule has 0 amide bonds. The van der Waals surface area contributed by atoms with Crippen LogP contribution in [-0.4, -0.2) is 45.8 Å². The van der Waals surface area contributed by atoms with E-state index in [9.17, 15) is 9.90 Å². The van der Waals surface area contributed by atoms with E-state index >= 15 is 0 Å². The zero-order chi connectivity index (χ0) is 10.8. The zero-order valence-electron chi connectivity index (χ0n) is 8.86. The number of aliphatic hydroxyl groups is 1. The van der Waals surface area contributed by atoms with E-state index in [1.54, 1.807) is 0 Å². The van der Waals surface area contributed by atoms with Gasteiger partial charge in [0.25, 0.3) is 0 Å². The van der Waals surface area contributed by atoms with Gasteiger partial charge in [-0.05, 0) is 13.3 Å². The van der Waals surface area contributed by atoms with Crippen molar-refractivity contribution in [3.05, 3.63) is 0 Å². The third-order valence-corrected chi connectivity index (χ3v) is 2.80. The zero-order valence-corrected chi connectivity index (χ0v) is 8.86. The lowest BCUT2D eigenvalue weighted by molar-refractivity contribution is -0.144. The Morgan fingerprint density at radius 1 is 1.57 bits per heavy atom. The number of aliphatic carboxylic acids is 1. The van der Waals surface area contributed by atoms with E-state index < -0.39 is 11.6 Å². The Morgan fingerprint density at radius 2 is 2.14 bits per heavy atom. The minimum Gasteiger partial charge on any atom is -0.481 e. The van der Waals surface area contributed by atoms with Crippen molar-refractivity contribution in [2.45, 2.75) is 44.8 Å². The summed E-state index contributed by atoms with van der Waals surface area (Å²) in [4.78, 5) is 12.5. The summed E-state index contributed by atoms with van der Waals surface area (Å²) in [6, 6.07) is 0.0321. The van der Waals surface area contributed by atoms with Crippen molar-refractivity contribution >= 4 is 5.97 Å². The highest BCUT2D eigenvalue weighted by molar-refractivity contribution is 5.67. The van der Waals surface area contributed by atoms with Gasteiger partial charge in [0.15, 0.2) is 0 Å². The molecule has 1 aliphatic rings. The van der Waals surface area contributed by atoms with E-state index in [0.717, 1.165) is 12.8 Å². The second-order valence-electron chi connectivity index (χ2n) is 4.33. The molecule has 1 heterocycles. The number of nitrogens with zero attached hydrogens (tertiary/aromatic N) is 1. The Balaban J connectivity index is 2.29. The molecule has 1 aliphatic heterocycles. The summed E-state index contributed by atoms with van der Waals surface area (Å²) in [5.74, 6) is -0.775. The van der Waals surface area contributed by atoms with Gasteiger partial charge in [-0.3, -0.25) is 9.69 Å². The average Bonchev–Trinajstić information content (AvgIpc) is 1.98. The molecule has 0 radical (unpaired) electrons. The van der Waals surface area contributed by atoms with Gasteiger partial charge in [0, 0.05) is 19.1 Å². The summed E-state index contributed by atoms with van der Waals surface area (Å²) in [7, 11) is 0. The average molecular weight is 201 g/mol. The van der Waals surface area contributed by atoms with Crippen molar-refractivity contribution < 1.29 is 15.0 Å². The van der Waals surface area contributed by atoms with Gasteiger partial charge in [0.1, 0.15) is 0 Å². The van der Waals surface area contributed by atoms with Gasteiger partial charge in [-0.15, -0.1) is 0 Å². The molecule has 14 heavy (non-hydrogen) atoms. The van der Waals surface area contributed by atoms with Crippen LogP contribution in [0.1, 0.15) is 33.1 Å². The Morgan fingerprint density at radius 3 is 2.57 bits per heavy atom. The normalized spacial score (nSPS) is 22.8. The van der Waals surface area contributed by atoms with Gasteiger partial charge in [-0.2, -0.15) is 0 Å². The summed E-state index contributed by atoms with van der Waals surface area (Å²) in [5.41, 5.74) is -0.554. The summed E-state index contributed by atoms with van der Waals surface area (Å²) in [6.07, 6.45) is 1.93. The van der Waals surface area contributed by atoms with Crippen LogP contribution in [0.15, 0.2) is 0 Å². The molecule has 1 rings (SSSR count). The van der Waals surface area contributed by atoms with E-state index in [4.69, 9.17) is 5.11 Å². The largest absolute Gasteiger partial charge is 0.481 e. The van der Waals surface area contributed by atoms with Gasteiger partial charge in [-0.25, -0.2) is 0 Å². The standard InChI is InChI=1S/C10H19NO3/c1-3-4-10(14)6-11(7-10)8(2)5-9(12)13/h8,14H,3-7H2,1-2H3,(H,12,13). The van der Waals surface area contributed by atoms with Crippen LogP contribution in [0.5, 0.6) is 0 Å². The minimum atomic E-state index is -0.775. The van der Waals surface area contributed by atoms with Crippen molar-refractivity contribution in [2.75, 3.05) is 13.1 Å². The second kappa shape index (κ2) is 4.28. The van der Waals surface area contributed by atoms with Crippen LogP contribution >= 0.6 is 0 Å². The van der Waals surface area contributed by atoms with E-state index in [-0.39, 0.29) is 12.5 Å². The fourth-order valence-corrected chi connectivity index (χ4v) is 2.03. The predicted octanol–water partition coefficient (Wildman–Crippen LogP) is 0.696. The highest BCUT2D eigenvalue weighted by Gasteiger charge is 2.42. The van der Waals surface area contributed by atoms with Crippen molar-refractivity contribution in [3.63, 3.8) is 0 Å². The van der Waals surface area contributed by atoms with Crippen LogP contribution in [0.4, 0.5) is 0 Å². The molecule has 0 saturated carbocycles. The highest BCUT2D eigenvalue weighted by Crippen LogP contribution is 2.28. The molecular formula is C10H19NO3. The van der Waals surface area contributed by atoms with Gasteiger partial charge < -0.3 is 10.2 Å². The molecule has 0 aliphatic carbocycles. The van der Waals surface area contributed by atoms with Crippen molar-refractivity contribution in [2.24, 2.45) is 0 Å². The number of β-amino-alcohol motifs (C(OH)–C–C–N with tert-alkyl or cyclic N) is 1. The van der Waals surface area contributed by atoms with Crippen molar-refractivity contribution in [1.29, 1.82) is 0 Å². The molecule has 0 spiro atoms. The lowest BCUT2D eigenvalue weighted by Crippen LogP contribution is -2.64. The molecule has 1 fully saturated rings. The summed E-state index contributed by atoms with van der Waals surface area (Å²) >= 11 is 0. The molecule has 1 atom stereocenters. The number of hydrogen-bond donors (Lipinski definition) is 2. The highest BCUT2D eigenvalue weighted by atomic mass is 16.4. The number of carboxylic acids is 1. The molecular weight excluding hydrogens is 182 g/mol. The van der Waals surface area contributed by atoms with Gasteiger partial charge in [-0.1, -0.05) is 13.3 Å². The molecule has 0 aromatic rings. The fraction of sp³-hybridized carbons (Fsp3) is 0.900. The number of likely N-dealkylation sites (tertiary alicyclic amines) is 1. The number of hydrogen-bond acceptors (Lipinski definition) is 3. The molecule has 4 heteroatoms. The first-order valence-electron chi connectivity index (χ1n) is 5.15. The topological polar surface area (TPSA) is 60.8 Å². The van der Waals surface area contributed by atoms with E-state index in [0.29, 0.717) is 13.1 Å². The molecule has 1 unspecified atom stereocenters. The first-order chi connectivity index (χ1) is 6.47. The van der Waals surface area contributed by atoms with Crippen LogP contribution in [0, 0.1) is 0 Å². The van der Waals surface area contributed by atoms with Crippen molar-refractivity contribution in [1.82, 2.24) is 4.90 Å². The van der Waals surface area contributed by atoms with Gasteiger partial charge >= 0.3 is 5.97 Å². The van der Waals surface area contributed by atoms with E-state index in [1.165, 1.54) is 0 Å². The monoisotopic (exact) mass is 201 g/mol. The fourth-order valence-electron chi connectivity index (χ4n) is 2.03. The van der Waals surface area contributed by atoms with Crippen LogP contribution in [0.2, 0.25) is 0 Å². The quantitative estimate of drug-likeness (QED) is 0.687. The summed E-state index contributed by atoms with van der Waals surface area (Å²) < 4.78 is 0. The lowest BCUT2D eigenvalue weighted by atomic mass is 9.87. The number of rotatable bonds is 5. The molecule has 0 bridgehead atoms. The smallest absolute Gasteiger partial charge is 0.304 e. The molecule has 4 nitrogen and oxygen atoms in total. The maximum atomic E-state index is 10.5. The first-order valence-corrected chi connectivity index (χ1v) is 5.15. The van der Waals surface area contributed by atoms with Crippen LogP contribution in [-0.2, 0) is 4.79 Å². The van der Waals surface area contributed by atoms with Crippen LogP contribution in [0.25, 0.3) is 0 Å². The molecule has 0 aromatic heterocycles. The van der Waals surface area contributed by atoms with E-state index in [2.05, 4.69) is 0 Å². The predicted molar refractivity (Wildman–Crippen MR) is 53.1 cm³/mol. The molecule has 1 saturated heterocycles. The lowest BCUT2D eigenvalue weighted by Gasteiger charge is -2.49. The van der Waals surface area contributed by atoms with Crippen molar-refractivity contribution in [3.8, 4) is 0 Å². The Hall–Kier alpha value is -0.610. The third kappa shape index (κ3) is 2.69. The van der Waals surface area contributed by atoms with Gasteiger partial charge in [0.2, 0.25) is 0 Å². The van der Waals surface area contributed by atoms with E-state index in [1.807, 2.05) is 18.7 Å². The summed E-state index contributed by atoms with van der Waals surface area (Å²) in [6.45, 7) is 5.17. The Bertz CT molecular complexity index is 211. The van der Waals surface area contributed by atoms with Gasteiger partial charge in [0.05, 0.1) is 12.0 Å². The third-order valence-electron chi connectivity index (χ3n) is 2.80. The first kappa shape index (κ1) is 11.5. The SMILES string of the molecule is CCCC1(O)CN(C(C)CC(=O)O)C1. The van der Waals surface area contributed by atoms with Crippen LogP contribution in [0.3, 0.4) is 0 Å². The minimum absolute atomic E-state index is 0.0321. The maximum absolute atomic E-state index is 10.5. The number of carboxylic acid groups (broad SMARTS) is 1. The molecule has 0 aromatic carbocycles. The summed E-state index contributed by atoms with van der Waals surface area (Å²) in [5, 5.41) is 18.5. The van der Waals surface area contributed by atoms with Crippen LogP contribution < -0.4 is 0 Å². The molecule has 2 N–H and O–H groups in total. The second-order valence-corrected chi connectivity index (χ2v) is 4.33. The maximum Gasteiger partial charge on any atom is 0.304 e. The number of carbonyl (C=O) groups is 1. The Kier molecular flexibility index (Phi) is 3.50. The Labute approximate surface area is 84.5 Å².